The Morgan fingerprint density at radius 3 is 2.60 bits per heavy atom. The van der Waals surface area contributed by atoms with E-state index in [0.29, 0.717) is 11.1 Å². The lowest BCUT2D eigenvalue weighted by molar-refractivity contribution is 0.0698. The number of nitrogens with two attached hydrogens (primary N) is 1. The maximum Gasteiger partial charge on any atom is 0.339 e. The Hall–Kier alpha value is -2.96. The highest BCUT2D eigenvalue weighted by Crippen LogP contribution is 2.23. The first-order valence-corrected chi connectivity index (χ1v) is 5.70. The first-order valence-electron chi connectivity index (χ1n) is 5.70. The van der Waals surface area contributed by atoms with Gasteiger partial charge in [0.1, 0.15) is 11.4 Å². The molecule has 0 radical (unpaired) electrons. The highest BCUT2D eigenvalue weighted by molar-refractivity contribution is 5.96. The summed E-state index contributed by atoms with van der Waals surface area (Å²) in [6.07, 6.45) is 1.60. The van der Waals surface area contributed by atoms with Crippen LogP contribution in [-0.4, -0.2) is 25.7 Å². The second-order valence-electron chi connectivity index (χ2n) is 4.19. The minimum Gasteiger partial charge on any atom is -0.478 e. The van der Waals surface area contributed by atoms with E-state index in [9.17, 15) is 14.3 Å². The van der Waals surface area contributed by atoms with Crippen LogP contribution in [0, 0.1) is 5.82 Å². The van der Waals surface area contributed by atoms with Crippen LogP contribution in [-0.2, 0) is 0 Å². The Bertz CT molecular complexity index is 811. The number of carboxylic acids is 1. The lowest BCUT2D eigenvalue weighted by Crippen LogP contribution is -2.02. The van der Waals surface area contributed by atoms with Crippen molar-refractivity contribution < 1.29 is 14.3 Å². The molecule has 6 nitrogen and oxygen atoms in total. The van der Waals surface area contributed by atoms with Gasteiger partial charge >= 0.3 is 5.97 Å². The van der Waals surface area contributed by atoms with Crippen LogP contribution in [0.15, 0.2) is 36.5 Å². The van der Waals surface area contributed by atoms with E-state index in [1.807, 2.05) is 0 Å². The molecule has 0 bridgehead atoms. The van der Waals surface area contributed by atoms with Crippen molar-refractivity contribution >= 4 is 17.6 Å². The number of nitrogens with zero attached hydrogens (tertiary/aromatic N) is 3. The van der Waals surface area contributed by atoms with Crippen LogP contribution in [0.5, 0.6) is 0 Å². The summed E-state index contributed by atoms with van der Waals surface area (Å²) in [5.41, 5.74) is 6.89. The zero-order chi connectivity index (χ0) is 14.3. The number of benzene rings is 1. The Morgan fingerprint density at radius 2 is 1.95 bits per heavy atom. The monoisotopic (exact) mass is 272 g/mol. The lowest BCUT2D eigenvalue weighted by Gasteiger charge is -2.04. The molecule has 2 heterocycles. The van der Waals surface area contributed by atoms with Gasteiger partial charge in [-0.15, -0.1) is 5.10 Å². The number of pyridine rings is 1. The van der Waals surface area contributed by atoms with Crippen LogP contribution in [0.2, 0.25) is 0 Å². The number of nitrogen functional groups attached to an aromatic ring is 1. The van der Waals surface area contributed by atoms with Crippen molar-refractivity contribution in [1.29, 1.82) is 0 Å². The lowest BCUT2D eigenvalue weighted by atomic mass is 10.1. The molecule has 2 aromatic heterocycles. The summed E-state index contributed by atoms with van der Waals surface area (Å²) in [4.78, 5) is 15.2. The number of halogens is 1. The summed E-state index contributed by atoms with van der Waals surface area (Å²) in [5, 5.41) is 13.1. The molecule has 100 valence electrons. The molecule has 0 fully saturated rings. The Morgan fingerprint density at radius 1 is 1.25 bits per heavy atom. The average Bonchev–Trinajstić information content (AvgIpc) is 2.78. The number of hydrogen-bond acceptors (Lipinski definition) is 4. The summed E-state index contributed by atoms with van der Waals surface area (Å²) in [7, 11) is 0. The fraction of sp³-hybridized carbons (Fsp3) is 0. The smallest absolute Gasteiger partial charge is 0.339 e. The minimum absolute atomic E-state index is 0.0104. The summed E-state index contributed by atoms with van der Waals surface area (Å²) in [6, 6.07) is 7.18. The fourth-order valence-electron chi connectivity index (χ4n) is 1.96. The predicted molar refractivity (Wildman–Crippen MR) is 69.8 cm³/mol. The van der Waals surface area contributed by atoms with E-state index in [0.717, 1.165) is 0 Å². The first-order chi connectivity index (χ1) is 9.54. The molecule has 3 aromatic rings. The standard InChI is InChI=1S/C13H9FN4O2/c14-9-3-1-7(2-4-9)8-5-10(12(19)20)11-16-13(15)17-18(11)6-8/h1-6H,(H2,15,17)(H,19,20). The van der Waals surface area contributed by atoms with Crippen LogP contribution < -0.4 is 5.73 Å². The van der Waals surface area contributed by atoms with Crippen LogP contribution in [0.3, 0.4) is 0 Å². The van der Waals surface area contributed by atoms with Crippen molar-refractivity contribution in [2.75, 3.05) is 5.73 Å². The number of hydrogen-bond donors (Lipinski definition) is 2. The number of aromatic nitrogens is 3. The van der Waals surface area contributed by atoms with Gasteiger partial charge in [-0.3, -0.25) is 0 Å². The van der Waals surface area contributed by atoms with Gasteiger partial charge in [0.15, 0.2) is 5.65 Å². The minimum atomic E-state index is -1.13. The van der Waals surface area contributed by atoms with E-state index in [-0.39, 0.29) is 23.0 Å². The van der Waals surface area contributed by atoms with Crippen LogP contribution in [0.25, 0.3) is 16.8 Å². The highest BCUT2D eigenvalue weighted by Gasteiger charge is 2.15. The van der Waals surface area contributed by atoms with E-state index in [4.69, 9.17) is 5.73 Å². The molecule has 0 saturated carbocycles. The van der Waals surface area contributed by atoms with E-state index in [2.05, 4.69) is 10.1 Å². The molecule has 20 heavy (non-hydrogen) atoms. The molecule has 0 aliphatic heterocycles. The molecule has 0 unspecified atom stereocenters. The van der Waals surface area contributed by atoms with Gasteiger partial charge < -0.3 is 10.8 Å². The number of rotatable bonds is 2. The van der Waals surface area contributed by atoms with Gasteiger partial charge in [0.2, 0.25) is 5.95 Å². The number of carbonyl (C=O) groups is 1. The largest absolute Gasteiger partial charge is 0.478 e. The van der Waals surface area contributed by atoms with E-state index in [1.54, 1.807) is 18.3 Å². The SMILES string of the molecule is Nc1nc2c(C(=O)O)cc(-c3ccc(F)cc3)cn2n1. The third-order valence-corrected chi connectivity index (χ3v) is 2.86. The molecule has 0 aliphatic rings. The first kappa shape index (κ1) is 12.1. The second kappa shape index (κ2) is 4.30. The van der Waals surface area contributed by atoms with Gasteiger partial charge in [-0.05, 0) is 23.8 Å². The normalized spacial score (nSPS) is 10.8. The van der Waals surface area contributed by atoms with Crippen molar-refractivity contribution in [2.24, 2.45) is 0 Å². The van der Waals surface area contributed by atoms with Crippen molar-refractivity contribution in [3.8, 4) is 11.1 Å². The zero-order valence-electron chi connectivity index (χ0n) is 10.1. The third-order valence-electron chi connectivity index (χ3n) is 2.86. The number of carboxylic acid groups (broad SMARTS) is 1. The van der Waals surface area contributed by atoms with Crippen LogP contribution >= 0.6 is 0 Å². The van der Waals surface area contributed by atoms with Gasteiger partial charge in [0.05, 0.1) is 0 Å². The molecule has 0 aliphatic carbocycles. The highest BCUT2D eigenvalue weighted by atomic mass is 19.1. The molecule has 0 spiro atoms. The Balaban J connectivity index is 2.26. The topological polar surface area (TPSA) is 93.5 Å². The third kappa shape index (κ3) is 1.95. The molecule has 3 N–H and O–H groups in total. The molecule has 0 saturated heterocycles. The Kier molecular flexibility index (Phi) is 2.60. The predicted octanol–water partition coefficient (Wildman–Crippen LogP) is 1.82. The van der Waals surface area contributed by atoms with Crippen molar-refractivity contribution in [1.82, 2.24) is 14.6 Å². The van der Waals surface area contributed by atoms with Crippen molar-refractivity contribution in [3.05, 3.63) is 47.9 Å². The van der Waals surface area contributed by atoms with Crippen LogP contribution in [0.4, 0.5) is 10.3 Å². The van der Waals surface area contributed by atoms with E-state index in [1.165, 1.54) is 22.7 Å². The van der Waals surface area contributed by atoms with E-state index >= 15 is 0 Å². The molecule has 7 heteroatoms. The second-order valence-corrected chi connectivity index (χ2v) is 4.19. The van der Waals surface area contributed by atoms with Gasteiger partial charge in [0, 0.05) is 11.8 Å². The Labute approximate surface area is 112 Å². The number of fused-ring (bicyclic) bond motifs is 1. The summed E-state index contributed by atoms with van der Waals surface area (Å²) in [6.45, 7) is 0. The van der Waals surface area contributed by atoms with Crippen molar-refractivity contribution in [3.63, 3.8) is 0 Å². The summed E-state index contributed by atoms with van der Waals surface area (Å²) in [5.74, 6) is -1.51. The summed E-state index contributed by atoms with van der Waals surface area (Å²) >= 11 is 0. The van der Waals surface area contributed by atoms with Gasteiger partial charge in [-0.25, -0.2) is 13.7 Å². The van der Waals surface area contributed by atoms with Crippen LogP contribution in [0.1, 0.15) is 10.4 Å². The van der Waals surface area contributed by atoms with E-state index < -0.39 is 5.97 Å². The molecule has 0 atom stereocenters. The van der Waals surface area contributed by atoms with Gasteiger partial charge in [-0.1, -0.05) is 12.1 Å². The molecular formula is C13H9FN4O2. The van der Waals surface area contributed by atoms with Gasteiger partial charge in [0.25, 0.3) is 0 Å². The summed E-state index contributed by atoms with van der Waals surface area (Å²) < 4.78 is 14.2. The van der Waals surface area contributed by atoms with Gasteiger partial charge in [-0.2, -0.15) is 4.98 Å². The molecule has 3 rings (SSSR count). The molecule has 1 aromatic carbocycles. The number of aromatic carboxylic acids is 1. The van der Waals surface area contributed by atoms with Crippen molar-refractivity contribution in [2.45, 2.75) is 0 Å². The molecular weight excluding hydrogens is 263 g/mol. The quantitative estimate of drug-likeness (QED) is 0.742. The number of anilines is 1. The molecule has 0 amide bonds. The average molecular weight is 272 g/mol. The zero-order valence-corrected chi connectivity index (χ0v) is 10.1. The fourth-order valence-corrected chi connectivity index (χ4v) is 1.96. The maximum atomic E-state index is 12.9. The maximum absolute atomic E-state index is 12.9.